The molecule has 3 rings (SSSR count). The minimum absolute atomic E-state index is 0.213. The van der Waals surface area contributed by atoms with Crippen molar-refractivity contribution >= 4 is 28.5 Å². The zero-order chi connectivity index (χ0) is 18.4. The lowest BCUT2D eigenvalue weighted by atomic mass is 10.1. The molecule has 2 aromatic carbocycles. The standard InChI is InChI=1S/C21H20N2O2S/c1-3-15-7-10-17(11-8-15)19-14-26-21(22-19)23-20(24)12-9-16-5-4-6-18(13-16)25-2/h4-14H,3H2,1-2H3,(H,22,23,24)/b12-9+. The Balaban J connectivity index is 1.64. The Morgan fingerprint density at radius 1 is 1.23 bits per heavy atom. The van der Waals surface area contributed by atoms with Gasteiger partial charge in [0, 0.05) is 17.0 Å². The first kappa shape index (κ1) is 17.9. The van der Waals surface area contributed by atoms with Crippen LogP contribution in [0.1, 0.15) is 18.1 Å². The molecule has 0 saturated heterocycles. The molecule has 1 N–H and O–H groups in total. The fraction of sp³-hybridized carbons (Fsp3) is 0.143. The summed E-state index contributed by atoms with van der Waals surface area (Å²) in [7, 11) is 1.62. The molecule has 0 atom stereocenters. The lowest BCUT2D eigenvalue weighted by Crippen LogP contribution is -2.07. The lowest BCUT2D eigenvalue weighted by molar-refractivity contribution is -0.111. The monoisotopic (exact) mass is 364 g/mol. The fourth-order valence-corrected chi connectivity index (χ4v) is 3.16. The highest BCUT2D eigenvalue weighted by Gasteiger charge is 2.06. The Kier molecular flexibility index (Phi) is 5.81. The van der Waals surface area contributed by atoms with Crippen LogP contribution in [0.5, 0.6) is 5.75 Å². The summed E-state index contributed by atoms with van der Waals surface area (Å²) in [6, 6.07) is 15.8. The van der Waals surface area contributed by atoms with Gasteiger partial charge in [0.2, 0.25) is 5.91 Å². The number of aryl methyl sites for hydroxylation is 1. The van der Waals surface area contributed by atoms with Gasteiger partial charge in [-0.05, 0) is 35.8 Å². The summed E-state index contributed by atoms with van der Waals surface area (Å²) in [6.07, 6.45) is 4.25. The van der Waals surface area contributed by atoms with Crippen LogP contribution in [0, 0.1) is 0 Å². The van der Waals surface area contributed by atoms with E-state index < -0.39 is 0 Å². The fourth-order valence-electron chi connectivity index (χ4n) is 2.44. The number of carbonyl (C=O) groups is 1. The van der Waals surface area contributed by atoms with Crippen LogP contribution >= 0.6 is 11.3 Å². The van der Waals surface area contributed by atoms with Crippen molar-refractivity contribution in [3.8, 4) is 17.0 Å². The number of nitrogens with one attached hydrogen (secondary N) is 1. The molecule has 5 heteroatoms. The smallest absolute Gasteiger partial charge is 0.250 e. The quantitative estimate of drug-likeness (QED) is 0.624. The van der Waals surface area contributed by atoms with E-state index in [1.807, 2.05) is 29.6 Å². The molecule has 1 heterocycles. The third-order valence-electron chi connectivity index (χ3n) is 3.91. The maximum Gasteiger partial charge on any atom is 0.250 e. The number of benzene rings is 2. The second kappa shape index (κ2) is 8.45. The van der Waals surface area contributed by atoms with Gasteiger partial charge >= 0.3 is 0 Å². The number of carbonyl (C=O) groups excluding carboxylic acids is 1. The molecular formula is C21H20N2O2S. The van der Waals surface area contributed by atoms with Crippen LogP contribution in [0.3, 0.4) is 0 Å². The minimum atomic E-state index is -0.213. The van der Waals surface area contributed by atoms with Gasteiger partial charge in [0.15, 0.2) is 5.13 Å². The molecule has 0 aliphatic carbocycles. The maximum atomic E-state index is 12.1. The van der Waals surface area contributed by atoms with E-state index in [1.165, 1.54) is 23.0 Å². The Labute approximate surface area is 157 Å². The third kappa shape index (κ3) is 4.58. The highest BCUT2D eigenvalue weighted by molar-refractivity contribution is 7.14. The van der Waals surface area contributed by atoms with E-state index >= 15 is 0 Å². The number of amides is 1. The van der Waals surface area contributed by atoms with Gasteiger partial charge in [-0.3, -0.25) is 10.1 Å². The van der Waals surface area contributed by atoms with Gasteiger partial charge in [-0.1, -0.05) is 43.3 Å². The largest absolute Gasteiger partial charge is 0.497 e. The molecule has 0 aliphatic heterocycles. The van der Waals surface area contributed by atoms with Crippen LogP contribution in [-0.2, 0) is 11.2 Å². The summed E-state index contributed by atoms with van der Waals surface area (Å²) in [4.78, 5) is 16.6. The molecule has 0 radical (unpaired) electrons. The van der Waals surface area contributed by atoms with Gasteiger partial charge in [0.1, 0.15) is 5.75 Å². The van der Waals surface area contributed by atoms with Gasteiger partial charge in [0.25, 0.3) is 0 Å². The van der Waals surface area contributed by atoms with Crippen molar-refractivity contribution in [1.29, 1.82) is 0 Å². The van der Waals surface area contributed by atoms with Gasteiger partial charge < -0.3 is 4.74 Å². The van der Waals surface area contributed by atoms with E-state index in [0.29, 0.717) is 5.13 Å². The van der Waals surface area contributed by atoms with E-state index in [1.54, 1.807) is 13.2 Å². The maximum absolute atomic E-state index is 12.1. The number of rotatable bonds is 6. The van der Waals surface area contributed by atoms with Gasteiger partial charge in [-0.25, -0.2) is 4.98 Å². The molecule has 0 unspecified atom stereocenters. The zero-order valence-corrected chi connectivity index (χ0v) is 15.5. The number of thiazole rings is 1. The molecule has 0 bridgehead atoms. The first-order chi connectivity index (χ1) is 12.7. The molecule has 0 aliphatic rings. The number of aromatic nitrogens is 1. The first-order valence-corrected chi connectivity index (χ1v) is 9.24. The van der Waals surface area contributed by atoms with Gasteiger partial charge in [-0.15, -0.1) is 11.3 Å². The number of ether oxygens (including phenoxy) is 1. The number of hydrogen-bond acceptors (Lipinski definition) is 4. The molecule has 4 nitrogen and oxygen atoms in total. The van der Waals surface area contributed by atoms with E-state index in [-0.39, 0.29) is 5.91 Å². The molecule has 1 aromatic heterocycles. The van der Waals surface area contributed by atoms with Crippen molar-refractivity contribution in [1.82, 2.24) is 4.98 Å². The van der Waals surface area contributed by atoms with Crippen molar-refractivity contribution < 1.29 is 9.53 Å². The van der Waals surface area contributed by atoms with Crippen molar-refractivity contribution in [3.05, 3.63) is 71.1 Å². The Bertz CT molecular complexity index is 914. The highest BCUT2D eigenvalue weighted by Crippen LogP contribution is 2.25. The predicted molar refractivity (Wildman–Crippen MR) is 108 cm³/mol. The lowest BCUT2D eigenvalue weighted by Gasteiger charge is -2.00. The van der Waals surface area contributed by atoms with Gasteiger partial charge in [0.05, 0.1) is 12.8 Å². The van der Waals surface area contributed by atoms with Crippen molar-refractivity contribution in [3.63, 3.8) is 0 Å². The summed E-state index contributed by atoms with van der Waals surface area (Å²) in [6.45, 7) is 2.13. The second-order valence-electron chi connectivity index (χ2n) is 5.69. The third-order valence-corrected chi connectivity index (χ3v) is 4.67. The van der Waals surface area contributed by atoms with Crippen molar-refractivity contribution in [2.45, 2.75) is 13.3 Å². The minimum Gasteiger partial charge on any atom is -0.497 e. The second-order valence-corrected chi connectivity index (χ2v) is 6.55. The first-order valence-electron chi connectivity index (χ1n) is 8.36. The average Bonchev–Trinajstić information content (AvgIpc) is 3.15. The van der Waals surface area contributed by atoms with E-state index in [0.717, 1.165) is 29.0 Å². The SMILES string of the molecule is CCc1ccc(-c2csc(NC(=O)/C=C/c3cccc(OC)c3)n2)cc1. The summed E-state index contributed by atoms with van der Waals surface area (Å²) >= 11 is 1.41. The van der Waals surface area contributed by atoms with Crippen LogP contribution in [0.4, 0.5) is 5.13 Å². The van der Waals surface area contributed by atoms with E-state index in [4.69, 9.17) is 4.74 Å². The molecule has 132 valence electrons. The number of hydrogen-bond donors (Lipinski definition) is 1. The normalized spacial score (nSPS) is 10.8. The van der Waals surface area contributed by atoms with Crippen LogP contribution in [0.25, 0.3) is 17.3 Å². The van der Waals surface area contributed by atoms with Crippen LogP contribution < -0.4 is 10.1 Å². The average molecular weight is 364 g/mol. The summed E-state index contributed by atoms with van der Waals surface area (Å²) in [5, 5.41) is 5.33. The molecule has 0 spiro atoms. The highest BCUT2D eigenvalue weighted by atomic mass is 32.1. The Hall–Kier alpha value is -2.92. The molecule has 3 aromatic rings. The summed E-state index contributed by atoms with van der Waals surface area (Å²) < 4.78 is 5.17. The van der Waals surface area contributed by atoms with Crippen LogP contribution in [-0.4, -0.2) is 18.0 Å². The van der Waals surface area contributed by atoms with Gasteiger partial charge in [-0.2, -0.15) is 0 Å². The Morgan fingerprint density at radius 3 is 2.77 bits per heavy atom. The van der Waals surface area contributed by atoms with Crippen molar-refractivity contribution in [2.24, 2.45) is 0 Å². The number of nitrogens with zero attached hydrogens (tertiary/aromatic N) is 1. The van der Waals surface area contributed by atoms with E-state index in [9.17, 15) is 4.79 Å². The van der Waals surface area contributed by atoms with Crippen molar-refractivity contribution in [2.75, 3.05) is 12.4 Å². The molecular weight excluding hydrogens is 344 g/mol. The topological polar surface area (TPSA) is 51.2 Å². The molecule has 1 amide bonds. The molecule has 26 heavy (non-hydrogen) atoms. The molecule has 0 saturated carbocycles. The van der Waals surface area contributed by atoms with E-state index in [2.05, 4.69) is 41.5 Å². The molecule has 0 fully saturated rings. The zero-order valence-electron chi connectivity index (χ0n) is 14.7. The number of methoxy groups -OCH3 is 1. The summed E-state index contributed by atoms with van der Waals surface area (Å²) in [5.41, 5.74) is 4.10. The number of anilines is 1. The van der Waals surface area contributed by atoms with Crippen LogP contribution in [0.2, 0.25) is 0 Å². The summed E-state index contributed by atoms with van der Waals surface area (Å²) in [5.74, 6) is 0.543. The predicted octanol–water partition coefficient (Wildman–Crippen LogP) is 5.03. The Morgan fingerprint density at radius 2 is 2.04 bits per heavy atom. The van der Waals surface area contributed by atoms with Crippen LogP contribution in [0.15, 0.2) is 60.0 Å².